The topological polar surface area (TPSA) is 57.0 Å². The second-order valence-electron chi connectivity index (χ2n) is 8.77. The van der Waals surface area contributed by atoms with E-state index in [1.54, 1.807) is 11.9 Å². The number of halogens is 1. The Balaban J connectivity index is 1.25. The largest absolute Gasteiger partial charge is 0.460 e. The van der Waals surface area contributed by atoms with Crippen molar-refractivity contribution in [2.24, 2.45) is 0 Å². The summed E-state index contributed by atoms with van der Waals surface area (Å²) < 4.78 is 6.05. The summed E-state index contributed by atoms with van der Waals surface area (Å²) in [4.78, 5) is 31.6. The SMILES string of the molecule is CN1C(=O)N(Cc2ccccc2)C(=O)C12CCN(Cc1ccc(-c3ccccc3Cl)o1)CC2. The van der Waals surface area contributed by atoms with Crippen LogP contribution >= 0.6 is 11.6 Å². The zero-order valence-electron chi connectivity index (χ0n) is 18.5. The number of benzene rings is 2. The van der Waals surface area contributed by atoms with Gasteiger partial charge in [0.05, 0.1) is 18.1 Å². The molecule has 0 unspecified atom stereocenters. The molecule has 2 aliphatic rings. The smallest absolute Gasteiger partial charge is 0.327 e. The van der Waals surface area contributed by atoms with Gasteiger partial charge in [-0.05, 0) is 42.7 Å². The minimum Gasteiger partial charge on any atom is -0.460 e. The van der Waals surface area contributed by atoms with Crippen molar-refractivity contribution in [3.63, 3.8) is 0 Å². The van der Waals surface area contributed by atoms with Crippen LogP contribution in [0, 0.1) is 0 Å². The van der Waals surface area contributed by atoms with Crippen molar-refractivity contribution in [1.29, 1.82) is 0 Å². The Morgan fingerprint density at radius 3 is 2.33 bits per heavy atom. The number of likely N-dealkylation sites (N-methyl/N-ethyl adjacent to an activating group) is 1. The van der Waals surface area contributed by atoms with Crippen LogP contribution in [-0.2, 0) is 17.9 Å². The Kier molecular flexibility index (Phi) is 5.72. The van der Waals surface area contributed by atoms with Crippen LogP contribution in [0.1, 0.15) is 24.2 Å². The summed E-state index contributed by atoms with van der Waals surface area (Å²) in [5.74, 6) is 1.52. The third-order valence-electron chi connectivity index (χ3n) is 6.85. The Morgan fingerprint density at radius 2 is 1.61 bits per heavy atom. The van der Waals surface area contributed by atoms with Crippen molar-refractivity contribution in [1.82, 2.24) is 14.7 Å². The predicted molar refractivity (Wildman–Crippen MR) is 127 cm³/mol. The average molecular weight is 464 g/mol. The molecule has 2 saturated heterocycles. The molecule has 3 heterocycles. The Hall–Kier alpha value is -3.09. The van der Waals surface area contributed by atoms with E-state index in [9.17, 15) is 9.59 Å². The molecule has 5 rings (SSSR count). The van der Waals surface area contributed by atoms with Gasteiger partial charge >= 0.3 is 6.03 Å². The maximum Gasteiger partial charge on any atom is 0.327 e. The van der Waals surface area contributed by atoms with Crippen molar-refractivity contribution >= 4 is 23.5 Å². The van der Waals surface area contributed by atoms with E-state index in [4.69, 9.17) is 16.0 Å². The van der Waals surface area contributed by atoms with E-state index < -0.39 is 5.54 Å². The number of carbonyl (C=O) groups is 2. The first-order chi connectivity index (χ1) is 16.0. The Bertz CT molecular complexity index is 1170. The highest BCUT2D eigenvalue weighted by Crippen LogP contribution is 2.37. The van der Waals surface area contributed by atoms with Gasteiger partial charge in [0.1, 0.15) is 17.1 Å². The van der Waals surface area contributed by atoms with Crippen LogP contribution in [0.25, 0.3) is 11.3 Å². The molecule has 3 amide bonds. The van der Waals surface area contributed by atoms with E-state index in [0.717, 1.165) is 22.6 Å². The number of nitrogens with zero attached hydrogens (tertiary/aromatic N) is 3. The van der Waals surface area contributed by atoms with Crippen molar-refractivity contribution in [2.75, 3.05) is 20.1 Å². The fourth-order valence-electron chi connectivity index (χ4n) is 4.87. The molecule has 0 atom stereocenters. The second-order valence-corrected chi connectivity index (χ2v) is 9.18. The number of hydrogen-bond donors (Lipinski definition) is 0. The maximum absolute atomic E-state index is 13.4. The number of furan rings is 1. The van der Waals surface area contributed by atoms with Gasteiger partial charge in [-0.25, -0.2) is 4.79 Å². The van der Waals surface area contributed by atoms with Crippen LogP contribution in [0.5, 0.6) is 0 Å². The quantitative estimate of drug-likeness (QED) is 0.498. The molecule has 7 heteroatoms. The summed E-state index contributed by atoms with van der Waals surface area (Å²) in [5, 5.41) is 0.658. The van der Waals surface area contributed by atoms with Gasteiger partial charge in [0, 0.05) is 25.7 Å². The second kappa shape index (κ2) is 8.69. The number of hydrogen-bond acceptors (Lipinski definition) is 4. The third kappa shape index (κ3) is 3.94. The van der Waals surface area contributed by atoms with E-state index in [1.165, 1.54) is 4.90 Å². The first kappa shape index (κ1) is 21.7. The average Bonchev–Trinajstić information content (AvgIpc) is 3.36. The number of likely N-dealkylation sites (tertiary alicyclic amines) is 1. The van der Waals surface area contributed by atoms with Gasteiger partial charge in [-0.1, -0.05) is 54.1 Å². The van der Waals surface area contributed by atoms with Crippen LogP contribution < -0.4 is 0 Å². The predicted octanol–water partition coefficient (Wildman–Crippen LogP) is 5.03. The molecule has 170 valence electrons. The Labute approximate surface area is 198 Å². The first-order valence-corrected chi connectivity index (χ1v) is 11.6. The van der Waals surface area contributed by atoms with Crippen LogP contribution in [-0.4, -0.2) is 52.3 Å². The summed E-state index contributed by atoms with van der Waals surface area (Å²) in [6, 6.07) is 21.0. The molecule has 0 saturated carbocycles. The lowest BCUT2D eigenvalue weighted by Crippen LogP contribution is -2.55. The van der Waals surface area contributed by atoms with Crippen LogP contribution in [0.4, 0.5) is 4.79 Å². The molecule has 1 aromatic heterocycles. The van der Waals surface area contributed by atoms with Crippen LogP contribution in [0.15, 0.2) is 71.1 Å². The number of carbonyl (C=O) groups excluding carboxylic acids is 2. The summed E-state index contributed by atoms with van der Waals surface area (Å²) in [7, 11) is 1.75. The fraction of sp³-hybridized carbons (Fsp3) is 0.308. The highest BCUT2D eigenvalue weighted by Gasteiger charge is 2.56. The first-order valence-electron chi connectivity index (χ1n) is 11.2. The molecule has 0 N–H and O–H groups in total. The Morgan fingerprint density at radius 1 is 0.909 bits per heavy atom. The zero-order valence-corrected chi connectivity index (χ0v) is 19.3. The number of piperidine rings is 1. The molecule has 0 radical (unpaired) electrons. The molecule has 33 heavy (non-hydrogen) atoms. The standard InChI is InChI=1S/C26H26ClN3O3/c1-28-25(32)30(17-19-7-3-2-4-8-19)24(31)26(28)13-15-29(16-14-26)18-20-11-12-23(33-20)21-9-5-6-10-22(21)27/h2-12H,13-18H2,1H3. The van der Waals surface area contributed by atoms with Crippen molar-refractivity contribution in [3.05, 3.63) is 83.1 Å². The van der Waals surface area contributed by atoms with Crippen molar-refractivity contribution < 1.29 is 14.0 Å². The summed E-state index contributed by atoms with van der Waals surface area (Å²) in [6.07, 6.45) is 1.22. The molecule has 3 aromatic rings. The van der Waals surface area contributed by atoms with E-state index in [-0.39, 0.29) is 11.9 Å². The summed E-state index contributed by atoms with van der Waals surface area (Å²) in [6.45, 7) is 2.39. The number of urea groups is 1. The van der Waals surface area contributed by atoms with E-state index in [2.05, 4.69) is 4.90 Å². The zero-order chi connectivity index (χ0) is 23.0. The molecular weight excluding hydrogens is 438 g/mol. The van der Waals surface area contributed by atoms with E-state index in [0.29, 0.717) is 44.0 Å². The number of rotatable bonds is 5. The highest BCUT2D eigenvalue weighted by atomic mass is 35.5. The molecule has 2 fully saturated rings. The molecular formula is C26H26ClN3O3. The monoisotopic (exact) mass is 463 g/mol. The van der Waals surface area contributed by atoms with E-state index >= 15 is 0 Å². The van der Waals surface area contributed by atoms with Gasteiger partial charge in [-0.2, -0.15) is 0 Å². The van der Waals surface area contributed by atoms with Gasteiger partial charge in [0.15, 0.2) is 0 Å². The molecule has 2 aromatic carbocycles. The van der Waals surface area contributed by atoms with E-state index in [1.807, 2.05) is 66.7 Å². The molecule has 0 bridgehead atoms. The lowest BCUT2D eigenvalue weighted by Gasteiger charge is -2.40. The van der Waals surface area contributed by atoms with Crippen LogP contribution in [0.2, 0.25) is 5.02 Å². The minimum absolute atomic E-state index is 0.0856. The minimum atomic E-state index is -0.756. The number of imide groups is 1. The van der Waals surface area contributed by atoms with Crippen molar-refractivity contribution in [2.45, 2.75) is 31.5 Å². The lowest BCUT2D eigenvalue weighted by molar-refractivity contribution is -0.135. The molecule has 2 aliphatic heterocycles. The normalized spacial score (nSPS) is 18.5. The van der Waals surface area contributed by atoms with Gasteiger partial charge in [-0.15, -0.1) is 0 Å². The maximum atomic E-state index is 13.4. The molecule has 0 aliphatic carbocycles. The summed E-state index contributed by atoms with van der Waals surface area (Å²) in [5.41, 5.74) is 1.07. The van der Waals surface area contributed by atoms with Crippen LogP contribution in [0.3, 0.4) is 0 Å². The third-order valence-corrected chi connectivity index (χ3v) is 7.18. The molecule has 1 spiro atoms. The van der Waals surface area contributed by atoms with Gasteiger partial charge < -0.3 is 9.32 Å². The highest BCUT2D eigenvalue weighted by molar-refractivity contribution is 6.33. The van der Waals surface area contributed by atoms with Crippen molar-refractivity contribution in [3.8, 4) is 11.3 Å². The molecule has 6 nitrogen and oxygen atoms in total. The van der Waals surface area contributed by atoms with Gasteiger partial charge in [0.25, 0.3) is 5.91 Å². The lowest BCUT2D eigenvalue weighted by atomic mass is 9.86. The van der Waals surface area contributed by atoms with Gasteiger partial charge in [0.2, 0.25) is 0 Å². The summed E-state index contributed by atoms with van der Waals surface area (Å²) >= 11 is 6.29. The fourth-order valence-corrected chi connectivity index (χ4v) is 5.10. The van der Waals surface area contributed by atoms with Gasteiger partial charge in [-0.3, -0.25) is 14.6 Å². The number of amides is 3.